The Bertz CT molecular complexity index is 721. The van der Waals surface area contributed by atoms with Gasteiger partial charge in [0, 0.05) is 19.4 Å². The van der Waals surface area contributed by atoms with Gasteiger partial charge < -0.3 is 10.1 Å². The van der Waals surface area contributed by atoms with Gasteiger partial charge in [-0.05, 0) is 25.0 Å². The maximum absolute atomic E-state index is 13.0. The van der Waals surface area contributed by atoms with Gasteiger partial charge in [-0.15, -0.1) is 0 Å². The number of aromatic nitrogens is 2. The van der Waals surface area contributed by atoms with E-state index in [2.05, 4.69) is 10.4 Å². The summed E-state index contributed by atoms with van der Waals surface area (Å²) in [6, 6.07) is 4.87. The third-order valence-electron chi connectivity index (χ3n) is 3.90. The Hall–Kier alpha value is -2.35. The molecule has 8 heteroatoms. The number of halogens is 3. The van der Waals surface area contributed by atoms with Gasteiger partial charge >= 0.3 is 6.18 Å². The number of carbonyl (C=O) groups excluding carboxylic acids is 1. The highest BCUT2D eigenvalue weighted by Gasteiger charge is 2.34. The molecular formula is C16H16F3N3O2. The zero-order valence-corrected chi connectivity index (χ0v) is 12.7. The fourth-order valence-corrected chi connectivity index (χ4v) is 2.68. The van der Waals surface area contributed by atoms with Crippen LogP contribution in [-0.2, 0) is 10.9 Å². The number of hydrogen-bond donors (Lipinski definition) is 1. The van der Waals surface area contributed by atoms with Gasteiger partial charge in [-0.3, -0.25) is 9.48 Å². The molecule has 0 radical (unpaired) electrons. The first-order chi connectivity index (χ1) is 11.4. The van der Waals surface area contributed by atoms with Crippen LogP contribution < -0.4 is 5.32 Å². The lowest BCUT2D eigenvalue weighted by atomic mass is 10.1. The molecule has 2 heterocycles. The molecule has 1 aromatic heterocycles. The van der Waals surface area contributed by atoms with Gasteiger partial charge in [0.1, 0.15) is 0 Å². The normalized spacial score (nSPS) is 16.1. The van der Waals surface area contributed by atoms with Crippen LogP contribution >= 0.6 is 0 Å². The second-order valence-electron chi connectivity index (χ2n) is 5.55. The Morgan fingerprint density at radius 1 is 1.25 bits per heavy atom. The summed E-state index contributed by atoms with van der Waals surface area (Å²) in [5.41, 5.74) is -1.01. The standard InChI is InChI=1S/C16H16F3N3O2/c17-16(18,19)14-4-2-1-3-13(14)15(23)21-11-9-20-22(10-11)12-5-7-24-8-6-12/h1-4,9-10,12H,5-8H2,(H,21,23). The molecule has 3 rings (SSSR count). The minimum absolute atomic E-state index is 0.173. The molecule has 1 saturated heterocycles. The van der Waals surface area contributed by atoms with Crippen molar-refractivity contribution >= 4 is 11.6 Å². The van der Waals surface area contributed by atoms with E-state index in [4.69, 9.17) is 4.74 Å². The Morgan fingerprint density at radius 2 is 1.96 bits per heavy atom. The van der Waals surface area contributed by atoms with Crippen LogP contribution in [0.2, 0.25) is 0 Å². The second kappa shape index (κ2) is 6.64. The summed E-state index contributed by atoms with van der Waals surface area (Å²) in [6.07, 6.45) is 0.103. The van der Waals surface area contributed by atoms with E-state index < -0.39 is 23.2 Å². The number of hydrogen-bond acceptors (Lipinski definition) is 3. The summed E-state index contributed by atoms with van der Waals surface area (Å²) in [7, 11) is 0. The molecule has 0 bridgehead atoms. The van der Waals surface area contributed by atoms with Crippen molar-refractivity contribution in [1.82, 2.24) is 9.78 Å². The smallest absolute Gasteiger partial charge is 0.381 e. The largest absolute Gasteiger partial charge is 0.417 e. The highest BCUT2D eigenvalue weighted by atomic mass is 19.4. The van der Waals surface area contributed by atoms with E-state index in [1.54, 1.807) is 10.9 Å². The number of ether oxygens (including phenoxy) is 1. The van der Waals surface area contributed by atoms with E-state index >= 15 is 0 Å². The molecule has 0 saturated carbocycles. The fraction of sp³-hybridized carbons (Fsp3) is 0.375. The lowest BCUT2D eigenvalue weighted by molar-refractivity contribution is -0.137. The van der Waals surface area contributed by atoms with Crippen molar-refractivity contribution in [3.05, 3.63) is 47.8 Å². The van der Waals surface area contributed by atoms with Crippen molar-refractivity contribution in [2.75, 3.05) is 18.5 Å². The molecule has 2 aromatic rings. The Morgan fingerprint density at radius 3 is 2.67 bits per heavy atom. The van der Waals surface area contributed by atoms with Crippen LogP contribution in [0.4, 0.5) is 18.9 Å². The van der Waals surface area contributed by atoms with Crippen molar-refractivity contribution in [2.45, 2.75) is 25.1 Å². The number of nitrogens with zero attached hydrogens (tertiary/aromatic N) is 2. The second-order valence-corrected chi connectivity index (χ2v) is 5.55. The predicted molar refractivity (Wildman–Crippen MR) is 80.7 cm³/mol. The average molecular weight is 339 g/mol. The van der Waals surface area contributed by atoms with E-state index in [-0.39, 0.29) is 6.04 Å². The summed E-state index contributed by atoms with van der Waals surface area (Å²) >= 11 is 0. The van der Waals surface area contributed by atoms with E-state index in [9.17, 15) is 18.0 Å². The minimum Gasteiger partial charge on any atom is -0.381 e. The zero-order chi connectivity index (χ0) is 17.2. The van der Waals surface area contributed by atoms with Gasteiger partial charge in [-0.1, -0.05) is 12.1 Å². The highest BCUT2D eigenvalue weighted by molar-refractivity contribution is 6.05. The van der Waals surface area contributed by atoms with Crippen molar-refractivity contribution in [3.8, 4) is 0 Å². The topological polar surface area (TPSA) is 56.2 Å². The lowest BCUT2D eigenvalue weighted by Crippen LogP contribution is -2.20. The maximum Gasteiger partial charge on any atom is 0.417 e. The van der Waals surface area contributed by atoms with E-state index in [1.807, 2.05) is 0 Å². The molecule has 24 heavy (non-hydrogen) atoms. The van der Waals surface area contributed by atoms with Crippen LogP contribution in [-0.4, -0.2) is 28.9 Å². The van der Waals surface area contributed by atoms with Crippen LogP contribution in [0.3, 0.4) is 0 Å². The molecule has 5 nitrogen and oxygen atoms in total. The Labute approximate surface area is 136 Å². The molecule has 1 amide bonds. The molecule has 0 unspecified atom stereocenters. The molecule has 1 aliphatic rings. The molecule has 0 spiro atoms. The van der Waals surface area contributed by atoms with Crippen molar-refractivity contribution in [3.63, 3.8) is 0 Å². The minimum atomic E-state index is -4.58. The van der Waals surface area contributed by atoms with E-state index in [0.717, 1.165) is 25.0 Å². The Kier molecular flexibility index (Phi) is 4.57. The average Bonchev–Trinajstić information content (AvgIpc) is 3.03. The first-order valence-corrected chi connectivity index (χ1v) is 7.54. The van der Waals surface area contributed by atoms with Crippen molar-refractivity contribution in [2.24, 2.45) is 0 Å². The quantitative estimate of drug-likeness (QED) is 0.931. The summed E-state index contributed by atoms with van der Waals surface area (Å²) in [4.78, 5) is 12.2. The summed E-state index contributed by atoms with van der Waals surface area (Å²) < 4.78 is 46.0. The molecule has 0 atom stereocenters. The summed E-state index contributed by atoms with van der Waals surface area (Å²) in [5, 5.41) is 6.66. The third-order valence-corrected chi connectivity index (χ3v) is 3.90. The molecule has 0 aliphatic carbocycles. The highest BCUT2D eigenvalue weighted by Crippen LogP contribution is 2.32. The number of benzene rings is 1. The van der Waals surface area contributed by atoms with Crippen molar-refractivity contribution in [1.29, 1.82) is 0 Å². The summed E-state index contributed by atoms with van der Waals surface area (Å²) in [6.45, 7) is 1.29. The molecule has 1 fully saturated rings. The summed E-state index contributed by atoms with van der Waals surface area (Å²) in [5.74, 6) is -0.811. The van der Waals surface area contributed by atoms with Gasteiger partial charge in [-0.2, -0.15) is 18.3 Å². The van der Waals surface area contributed by atoms with E-state index in [1.165, 1.54) is 18.3 Å². The molecule has 1 aliphatic heterocycles. The van der Waals surface area contributed by atoms with Crippen LogP contribution in [0.15, 0.2) is 36.7 Å². The first-order valence-electron chi connectivity index (χ1n) is 7.54. The number of carbonyl (C=O) groups is 1. The van der Waals surface area contributed by atoms with Gasteiger partial charge in [0.15, 0.2) is 0 Å². The SMILES string of the molecule is O=C(Nc1cnn(C2CCOCC2)c1)c1ccccc1C(F)(F)F. The lowest BCUT2D eigenvalue weighted by Gasteiger charge is -2.22. The maximum atomic E-state index is 13.0. The number of alkyl halides is 3. The van der Waals surface area contributed by atoms with Crippen LogP contribution in [0.1, 0.15) is 34.8 Å². The third kappa shape index (κ3) is 3.59. The fourth-order valence-electron chi connectivity index (χ4n) is 2.68. The predicted octanol–water partition coefficient (Wildman–Crippen LogP) is 3.51. The molecule has 128 valence electrons. The van der Waals surface area contributed by atoms with Gasteiger partial charge in [0.2, 0.25) is 0 Å². The van der Waals surface area contributed by atoms with Gasteiger partial charge in [-0.25, -0.2) is 0 Å². The number of nitrogens with one attached hydrogen (secondary N) is 1. The van der Waals surface area contributed by atoms with Crippen molar-refractivity contribution < 1.29 is 22.7 Å². The number of anilines is 1. The molecular weight excluding hydrogens is 323 g/mol. The van der Waals surface area contributed by atoms with Crippen LogP contribution in [0, 0.1) is 0 Å². The number of rotatable bonds is 3. The van der Waals surface area contributed by atoms with Crippen LogP contribution in [0.25, 0.3) is 0 Å². The number of amides is 1. The van der Waals surface area contributed by atoms with Gasteiger partial charge in [0.05, 0.1) is 29.1 Å². The molecule has 1 aromatic carbocycles. The zero-order valence-electron chi connectivity index (χ0n) is 12.7. The first kappa shape index (κ1) is 16.5. The Balaban J connectivity index is 1.75. The van der Waals surface area contributed by atoms with E-state index in [0.29, 0.717) is 18.9 Å². The monoisotopic (exact) mass is 339 g/mol. The van der Waals surface area contributed by atoms with Crippen LogP contribution in [0.5, 0.6) is 0 Å². The molecule has 1 N–H and O–H groups in total. The van der Waals surface area contributed by atoms with Gasteiger partial charge in [0.25, 0.3) is 5.91 Å².